The fraction of sp³-hybridized carbons (Fsp3) is 0.875. The molecule has 1 amide bonds. The summed E-state index contributed by atoms with van der Waals surface area (Å²) in [6, 6.07) is -0.122. The number of carbonyl (C=O) groups excluding carboxylic acids is 1. The third kappa shape index (κ3) is 6.51. The van der Waals surface area contributed by atoms with Gasteiger partial charge in [0, 0.05) is 26.7 Å². The van der Waals surface area contributed by atoms with E-state index in [0.29, 0.717) is 13.0 Å². The van der Waals surface area contributed by atoms with Gasteiger partial charge in [-0.1, -0.05) is 0 Å². The number of rotatable bonds is 6. The first-order chi connectivity index (χ1) is 6.10. The summed E-state index contributed by atoms with van der Waals surface area (Å²) in [7, 11) is 3.04. The predicted octanol–water partition coefficient (Wildman–Crippen LogP) is -0.541. The Hall–Kier alpha value is -0.650. The molecule has 78 valence electrons. The third-order valence-electron chi connectivity index (χ3n) is 1.50. The van der Waals surface area contributed by atoms with Gasteiger partial charge < -0.3 is 20.5 Å². The van der Waals surface area contributed by atoms with Crippen molar-refractivity contribution in [1.29, 1.82) is 0 Å². The van der Waals surface area contributed by atoms with Crippen molar-refractivity contribution in [2.75, 3.05) is 20.8 Å². The van der Waals surface area contributed by atoms with Crippen molar-refractivity contribution in [3.8, 4) is 0 Å². The van der Waals surface area contributed by atoms with Crippen molar-refractivity contribution in [3.05, 3.63) is 0 Å². The van der Waals surface area contributed by atoms with Crippen molar-refractivity contribution in [2.24, 2.45) is 5.73 Å². The van der Waals surface area contributed by atoms with Crippen LogP contribution in [0.5, 0.6) is 0 Å². The monoisotopic (exact) mass is 190 g/mol. The minimum Gasteiger partial charge on any atom is -0.354 e. The van der Waals surface area contributed by atoms with Crippen molar-refractivity contribution >= 4 is 5.91 Å². The van der Waals surface area contributed by atoms with Gasteiger partial charge in [-0.25, -0.2) is 0 Å². The number of methoxy groups -OCH3 is 2. The van der Waals surface area contributed by atoms with Gasteiger partial charge in [0.15, 0.2) is 6.29 Å². The van der Waals surface area contributed by atoms with Crippen molar-refractivity contribution < 1.29 is 14.3 Å². The van der Waals surface area contributed by atoms with Crippen LogP contribution in [0.25, 0.3) is 0 Å². The highest BCUT2D eigenvalue weighted by Gasteiger charge is 2.08. The maximum atomic E-state index is 11.1. The summed E-state index contributed by atoms with van der Waals surface area (Å²) in [5.74, 6) is -0.0888. The third-order valence-corrected chi connectivity index (χ3v) is 1.50. The van der Waals surface area contributed by atoms with Crippen LogP contribution in [0.15, 0.2) is 0 Å². The van der Waals surface area contributed by atoms with Gasteiger partial charge >= 0.3 is 0 Å². The lowest BCUT2D eigenvalue weighted by Crippen LogP contribution is -2.36. The van der Waals surface area contributed by atoms with Gasteiger partial charge in [-0.3, -0.25) is 4.79 Å². The lowest BCUT2D eigenvalue weighted by Gasteiger charge is -2.14. The van der Waals surface area contributed by atoms with E-state index in [1.165, 1.54) is 14.2 Å². The zero-order valence-corrected chi connectivity index (χ0v) is 8.37. The molecule has 0 bridgehead atoms. The first kappa shape index (κ1) is 12.3. The number of hydrogen-bond acceptors (Lipinski definition) is 4. The van der Waals surface area contributed by atoms with E-state index >= 15 is 0 Å². The number of hydrogen-bond donors (Lipinski definition) is 2. The molecule has 0 radical (unpaired) electrons. The van der Waals surface area contributed by atoms with Gasteiger partial charge in [0.1, 0.15) is 0 Å². The SMILES string of the molecule is COC(CNC(=O)CC(C)N)OC. The molecule has 1 unspecified atom stereocenters. The van der Waals surface area contributed by atoms with Crippen LogP contribution in [0.4, 0.5) is 0 Å². The van der Waals surface area contributed by atoms with Crippen LogP contribution in [0, 0.1) is 0 Å². The Morgan fingerprint density at radius 3 is 2.38 bits per heavy atom. The number of nitrogens with two attached hydrogens (primary N) is 1. The smallest absolute Gasteiger partial charge is 0.221 e. The molecule has 0 aromatic rings. The first-order valence-electron chi connectivity index (χ1n) is 4.18. The number of carbonyl (C=O) groups is 1. The molecule has 0 aliphatic carbocycles. The van der Waals surface area contributed by atoms with Crippen LogP contribution in [-0.2, 0) is 14.3 Å². The summed E-state index contributed by atoms with van der Waals surface area (Å²) in [5.41, 5.74) is 5.44. The summed E-state index contributed by atoms with van der Waals surface area (Å²) in [4.78, 5) is 11.1. The van der Waals surface area contributed by atoms with E-state index in [9.17, 15) is 4.79 Å². The number of nitrogens with one attached hydrogen (secondary N) is 1. The van der Waals surface area contributed by atoms with E-state index in [0.717, 1.165) is 0 Å². The van der Waals surface area contributed by atoms with Crippen molar-refractivity contribution in [1.82, 2.24) is 5.32 Å². The molecule has 3 N–H and O–H groups in total. The van der Waals surface area contributed by atoms with E-state index in [4.69, 9.17) is 15.2 Å². The largest absolute Gasteiger partial charge is 0.354 e. The standard InChI is InChI=1S/C8H18N2O3/c1-6(9)4-7(11)10-5-8(12-2)13-3/h6,8H,4-5,9H2,1-3H3,(H,10,11). The van der Waals surface area contributed by atoms with Gasteiger partial charge in [0.25, 0.3) is 0 Å². The number of amides is 1. The van der Waals surface area contributed by atoms with Gasteiger partial charge in [-0.2, -0.15) is 0 Å². The average Bonchev–Trinajstić information content (AvgIpc) is 2.05. The Bertz CT molecular complexity index is 146. The Kier molecular flexibility index (Phi) is 6.48. The zero-order valence-electron chi connectivity index (χ0n) is 8.37. The predicted molar refractivity (Wildman–Crippen MR) is 49.1 cm³/mol. The van der Waals surface area contributed by atoms with Gasteiger partial charge in [0.05, 0.1) is 6.54 Å². The molecule has 0 saturated heterocycles. The topological polar surface area (TPSA) is 73.6 Å². The molecular weight excluding hydrogens is 172 g/mol. The molecule has 5 nitrogen and oxygen atoms in total. The maximum Gasteiger partial charge on any atom is 0.221 e. The normalized spacial score (nSPS) is 13.0. The van der Waals surface area contributed by atoms with E-state index in [1.807, 2.05) is 0 Å². The van der Waals surface area contributed by atoms with Crippen molar-refractivity contribution in [3.63, 3.8) is 0 Å². The van der Waals surface area contributed by atoms with Crippen molar-refractivity contribution in [2.45, 2.75) is 25.7 Å². The van der Waals surface area contributed by atoms with Crippen LogP contribution >= 0.6 is 0 Å². The number of ether oxygens (including phenoxy) is 2. The molecule has 0 aromatic heterocycles. The highest BCUT2D eigenvalue weighted by molar-refractivity contribution is 5.76. The quantitative estimate of drug-likeness (QED) is 0.552. The van der Waals surface area contributed by atoms with E-state index in [-0.39, 0.29) is 11.9 Å². The molecule has 0 fully saturated rings. The molecule has 0 rings (SSSR count). The molecule has 0 aromatic carbocycles. The fourth-order valence-corrected chi connectivity index (χ4v) is 0.825. The van der Waals surface area contributed by atoms with Gasteiger partial charge in [0.2, 0.25) is 5.91 Å². The Labute approximate surface area is 78.6 Å². The van der Waals surface area contributed by atoms with Crippen LogP contribution in [0.3, 0.4) is 0 Å². The Morgan fingerprint density at radius 1 is 1.46 bits per heavy atom. The highest BCUT2D eigenvalue weighted by atomic mass is 16.7. The minimum atomic E-state index is -0.392. The van der Waals surface area contributed by atoms with Crippen LogP contribution in [0.2, 0.25) is 0 Å². The molecule has 0 saturated carbocycles. The summed E-state index contributed by atoms with van der Waals surface area (Å²) in [5, 5.41) is 2.65. The van der Waals surface area contributed by atoms with Gasteiger partial charge in [-0.05, 0) is 6.92 Å². The summed E-state index contributed by atoms with van der Waals surface area (Å²) in [6.45, 7) is 2.13. The molecule has 0 aliphatic heterocycles. The van der Waals surface area contributed by atoms with E-state index < -0.39 is 6.29 Å². The van der Waals surface area contributed by atoms with Gasteiger partial charge in [-0.15, -0.1) is 0 Å². The molecule has 5 heteroatoms. The molecule has 13 heavy (non-hydrogen) atoms. The maximum absolute atomic E-state index is 11.1. The van der Waals surface area contributed by atoms with Crippen LogP contribution in [0.1, 0.15) is 13.3 Å². The molecule has 0 heterocycles. The summed E-state index contributed by atoms with van der Waals surface area (Å²) >= 11 is 0. The van der Waals surface area contributed by atoms with Crippen LogP contribution in [-0.4, -0.2) is 39.0 Å². The summed E-state index contributed by atoms with van der Waals surface area (Å²) < 4.78 is 9.77. The van der Waals surface area contributed by atoms with E-state index in [1.54, 1.807) is 6.92 Å². The molecule has 1 atom stereocenters. The first-order valence-corrected chi connectivity index (χ1v) is 4.18. The molecule has 0 aliphatic rings. The molecule has 0 spiro atoms. The second kappa shape index (κ2) is 6.82. The minimum absolute atomic E-state index is 0.0888. The molecular formula is C8H18N2O3. The van der Waals surface area contributed by atoms with E-state index in [2.05, 4.69) is 5.32 Å². The second-order valence-corrected chi connectivity index (χ2v) is 2.89. The Balaban J connectivity index is 3.56. The highest BCUT2D eigenvalue weighted by Crippen LogP contribution is 1.90. The van der Waals surface area contributed by atoms with Crippen LogP contribution < -0.4 is 11.1 Å². The second-order valence-electron chi connectivity index (χ2n) is 2.89. The Morgan fingerprint density at radius 2 is 2.00 bits per heavy atom. The fourth-order valence-electron chi connectivity index (χ4n) is 0.825. The summed E-state index contributed by atoms with van der Waals surface area (Å²) in [6.07, 6.45) is -0.0720. The lowest BCUT2D eigenvalue weighted by molar-refractivity contribution is -0.127. The average molecular weight is 190 g/mol. The lowest BCUT2D eigenvalue weighted by atomic mass is 10.2. The zero-order chi connectivity index (χ0) is 10.3.